The van der Waals surface area contributed by atoms with Crippen LogP contribution in [0.1, 0.15) is 26.3 Å². The van der Waals surface area contributed by atoms with E-state index in [1.807, 2.05) is 25.1 Å². The minimum Gasteiger partial charge on any atom is -0.505 e. The molecule has 0 aliphatic heterocycles. The van der Waals surface area contributed by atoms with Crippen LogP contribution in [-0.2, 0) is 9.53 Å². The van der Waals surface area contributed by atoms with E-state index in [-0.39, 0.29) is 35.1 Å². The number of nitrogens with one attached hydrogen (secondary N) is 2. The summed E-state index contributed by atoms with van der Waals surface area (Å²) in [5.74, 6) is -1.24. The maximum atomic E-state index is 12.7. The minimum absolute atomic E-state index is 0.0181. The maximum absolute atomic E-state index is 12.7. The number of ether oxygens (including phenoxy) is 3. The van der Waals surface area contributed by atoms with E-state index in [1.54, 1.807) is 18.2 Å². The van der Waals surface area contributed by atoms with Crippen LogP contribution in [-0.4, -0.2) is 43.7 Å². The van der Waals surface area contributed by atoms with Gasteiger partial charge in [0, 0.05) is 17.3 Å². The molecule has 9 heteroatoms. The van der Waals surface area contributed by atoms with Crippen LogP contribution in [0.2, 0.25) is 0 Å². The second kappa shape index (κ2) is 10.9. The molecule has 176 valence electrons. The molecule has 0 aromatic heterocycles. The molecule has 0 spiro atoms. The fourth-order valence-corrected chi connectivity index (χ4v) is 3.04. The van der Waals surface area contributed by atoms with E-state index >= 15 is 0 Å². The third-order valence-electron chi connectivity index (χ3n) is 4.86. The number of hydrogen-bond acceptors (Lipinski definition) is 7. The molecule has 3 rings (SSSR count). The summed E-state index contributed by atoms with van der Waals surface area (Å²) in [6.07, 6.45) is 0. The van der Waals surface area contributed by atoms with Gasteiger partial charge in [0.15, 0.2) is 12.4 Å². The Morgan fingerprint density at radius 2 is 1.65 bits per heavy atom. The van der Waals surface area contributed by atoms with Crippen molar-refractivity contribution in [1.29, 1.82) is 0 Å². The smallest absolute Gasteiger partial charge is 0.341 e. The monoisotopic (exact) mass is 464 g/mol. The lowest BCUT2D eigenvalue weighted by Gasteiger charge is -2.13. The topological polar surface area (TPSA) is 123 Å². The van der Waals surface area contributed by atoms with Gasteiger partial charge in [0.25, 0.3) is 11.8 Å². The van der Waals surface area contributed by atoms with E-state index in [0.29, 0.717) is 11.4 Å². The molecule has 0 atom stereocenters. The number of carbonyl (C=O) groups is 3. The van der Waals surface area contributed by atoms with Gasteiger partial charge in [-0.05, 0) is 48.9 Å². The van der Waals surface area contributed by atoms with Gasteiger partial charge >= 0.3 is 5.97 Å². The van der Waals surface area contributed by atoms with Crippen LogP contribution >= 0.6 is 0 Å². The van der Waals surface area contributed by atoms with Gasteiger partial charge < -0.3 is 30.0 Å². The lowest BCUT2D eigenvalue weighted by molar-refractivity contribution is -0.118. The van der Waals surface area contributed by atoms with Crippen molar-refractivity contribution in [2.45, 2.75) is 6.92 Å². The largest absolute Gasteiger partial charge is 0.505 e. The number of aryl methyl sites for hydroxylation is 1. The van der Waals surface area contributed by atoms with Gasteiger partial charge in [-0.15, -0.1) is 0 Å². The number of phenolic OH excluding ortho intramolecular Hbond substituents is 1. The molecular formula is C25H24N2O7. The Kier molecular flexibility index (Phi) is 7.71. The van der Waals surface area contributed by atoms with Gasteiger partial charge in [-0.3, -0.25) is 9.59 Å². The van der Waals surface area contributed by atoms with Crippen LogP contribution in [0.3, 0.4) is 0 Å². The van der Waals surface area contributed by atoms with Crippen LogP contribution < -0.4 is 20.1 Å². The number of amides is 2. The van der Waals surface area contributed by atoms with Crippen LogP contribution in [0.5, 0.6) is 17.2 Å². The molecule has 0 radical (unpaired) electrons. The van der Waals surface area contributed by atoms with Crippen LogP contribution in [0.4, 0.5) is 11.4 Å². The molecule has 0 unspecified atom stereocenters. The molecule has 34 heavy (non-hydrogen) atoms. The van der Waals surface area contributed by atoms with E-state index in [2.05, 4.69) is 15.4 Å². The van der Waals surface area contributed by atoms with Crippen molar-refractivity contribution < 1.29 is 33.7 Å². The summed E-state index contributed by atoms with van der Waals surface area (Å²) in [5.41, 5.74) is 1.49. The predicted octanol–water partition coefficient (Wildman–Crippen LogP) is 3.77. The van der Waals surface area contributed by atoms with Gasteiger partial charge in [-0.25, -0.2) is 4.79 Å². The molecular weight excluding hydrogens is 440 g/mol. The lowest BCUT2D eigenvalue weighted by atomic mass is 10.1. The van der Waals surface area contributed by atoms with Crippen LogP contribution in [0.15, 0.2) is 60.7 Å². The molecule has 0 heterocycles. The van der Waals surface area contributed by atoms with Gasteiger partial charge in [-0.2, -0.15) is 0 Å². The highest BCUT2D eigenvalue weighted by molar-refractivity contribution is 6.07. The van der Waals surface area contributed by atoms with Gasteiger partial charge in [0.1, 0.15) is 17.1 Å². The summed E-state index contributed by atoms with van der Waals surface area (Å²) in [7, 11) is 2.56. The van der Waals surface area contributed by atoms with Gasteiger partial charge in [-0.1, -0.05) is 18.2 Å². The summed E-state index contributed by atoms with van der Waals surface area (Å²) in [6, 6.07) is 16.2. The van der Waals surface area contributed by atoms with Crippen molar-refractivity contribution in [1.82, 2.24) is 0 Å². The van der Waals surface area contributed by atoms with Crippen molar-refractivity contribution in [3.63, 3.8) is 0 Å². The Balaban J connectivity index is 1.64. The maximum Gasteiger partial charge on any atom is 0.341 e. The van der Waals surface area contributed by atoms with E-state index in [9.17, 15) is 19.5 Å². The number of aromatic hydroxyl groups is 1. The van der Waals surface area contributed by atoms with Crippen molar-refractivity contribution in [2.75, 3.05) is 31.5 Å². The Hall–Kier alpha value is -4.53. The SMILES string of the molecule is COC(=O)c1cc(OC)cc(NC(=O)c2ccc(NC(=O)COc3ccccc3C)cc2)c1O. The third kappa shape index (κ3) is 5.83. The van der Waals surface area contributed by atoms with Crippen LogP contribution in [0.25, 0.3) is 0 Å². The predicted molar refractivity (Wildman–Crippen MR) is 126 cm³/mol. The second-order valence-electron chi connectivity index (χ2n) is 7.20. The van der Waals surface area contributed by atoms with E-state index in [1.165, 1.54) is 38.5 Å². The van der Waals surface area contributed by atoms with Crippen LogP contribution in [0, 0.1) is 6.92 Å². The zero-order valence-corrected chi connectivity index (χ0v) is 18.9. The number of methoxy groups -OCH3 is 2. The summed E-state index contributed by atoms with van der Waals surface area (Å²) in [4.78, 5) is 36.7. The third-order valence-corrected chi connectivity index (χ3v) is 4.86. The number of anilines is 2. The fraction of sp³-hybridized carbons (Fsp3) is 0.160. The number of hydrogen-bond donors (Lipinski definition) is 3. The molecule has 0 aliphatic carbocycles. The summed E-state index contributed by atoms with van der Waals surface area (Å²) in [5, 5.41) is 15.6. The first kappa shape index (κ1) is 24.1. The Morgan fingerprint density at radius 1 is 0.941 bits per heavy atom. The standard InChI is InChI=1S/C25H24N2O7/c1-15-6-4-5-7-21(15)34-14-22(28)26-17-10-8-16(9-11-17)24(30)27-20-13-18(32-2)12-19(23(20)29)25(31)33-3/h4-13,29H,14H2,1-3H3,(H,26,28)(H,27,30). The molecule has 3 aromatic carbocycles. The molecule has 0 bridgehead atoms. The molecule has 2 amide bonds. The molecule has 3 aromatic rings. The highest BCUT2D eigenvalue weighted by Crippen LogP contribution is 2.33. The van der Waals surface area contributed by atoms with E-state index in [4.69, 9.17) is 9.47 Å². The quantitative estimate of drug-likeness (QED) is 0.343. The zero-order chi connectivity index (χ0) is 24.7. The molecule has 3 N–H and O–H groups in total. The molecule has 0 saturated carbocycles. The highest BCUT2D eigenvalue weighted by Gasteiger charge is 2.19. The van der Waals surface area contributed by atoms with Crippen molar-refractivity contribution >= 4 is 29.2 Å². The Morgan fingerprint density at radius 3 is 2.29 bits per heavy atom. The average Bonchev–Trinajstić information content (AvgIpc) is 2.84. The molecule has 0 fully saturated rings. The number of phenols is 1. The zero-order valence-electron chi connectivity index (χ0n) is 18.9. The van der Waals surface area contributed by atoms with Crippen molar-refractivity contribution in [2.24, 2.45) is 0 Å². The summed E-state index contributed by atoms with van der Waals surface area (Å²) >= 11 is 0. The minimum atomic E-state index is -0.779. The fourth-order valence-electron chi connectivity index (χ4n) is 3.04. The Labute approximate surface area is 196 Å². The number of para-hydroxylation sites is 1. The van der Waals surface area contributed by atoms with Crippen molar-refractivity contribution in [3.05, 3.63) is 77.4 Å². The average molecular weight is 464 g/mol. The number of rotatable bonds is 8. The first-order valence-corrected chi connectivity index (χ1v) is 10.2. The second-order valence-corrected chi connectivity index (χ2v) is 7.20. The number of carbonyl (C=O) groups excluding carboxylic acids is 3. The number of esters is 1. The normalized spacial score (nSPS) is 10.2. The van der Waals surface area contributed by atoms with Gasteiger partial charge in [0.05, 0.1) is 19.9 Å². The first-order valence-electron chi connectivity index (χ1n) is 10.2. The first-order chi connectivity index (χ1) is 16.3. The summed E-state index contributed by atoms with van der Waals surface area (Å²) in [6.45, 7) is 1.73. The number of benzene rings is 3. The Bertz CT molecular complexity index is 1210. The van der Waals surface area contributed by atoms with Crippen molar-refractivity contribution in [3.8, 4) is 17.2 Å². The lowest BCUT2D eigenvalue weighted by Crippen LogP contribution is -2.20. The van der Waals surface area contributed by atoms with E-state index < -0.39 is 17.6 Å². The van der Waals surface area contributed by atoms with E-state index in [0.717, 1.165) is 5.56 Å². The molecule has 0 saturated heterocycles. The summed E-state index contributed by atoms with van der Waals surface area (Å²) < 4.78 is 15.3. The molecule has 0 aliphatic rings. The molecule has 9 nitrogen and oxygen atoms in total. The van der Waals surface area contributed by atoms with Gasteiger partial charge in [0.2, 0.25) is 0 Å². The highest BCUT2D eigenvalue weighted by atomic mass is 16.5.